The first-order chi connectivity index (χ1) is 14.5. The van der Waals surface area contributed by atoms with Crippen LogP contribution in [-0.4, -0.2) is 21.8 Å². The summed E-state index contributed by atoms with van der Waals surface area (Å²) in [5, 5.41) is 13.2. The SMILES string of the molecule is O=C(Nc1ccc(Br)cc1)Nc1nn(C(=O)Nc2ccc(Br)cc2)c2ccccc12. The number of nitrogens with zero attached hydrogens (tertiary/aromatic N) is 2. The fourth-order valence-electron chi connectivity index (χ4n) is 2.83. The number of benzene rings is 3. The highest BCUT2D eigenvalue weighted by Gasteiger charge is 2.17. The van der Waals surface area contributed by atoms with Crippen LogP contribution in [0.4, 0.5) is 26.8 Å². The zero-order chi connectivity index (χ0) is 21.1. The van der Waals surface area contributed by atoms with Crippen molar-refractivity contribution in [3.05, 3.63) is 81.7 Å². The van der Waals surface area contributed by atoms with Crippen LogP contribution < -0.4 is 16.0 Å². The first kappa shape index (κ1) is 20.1. The topological polar surface area (TPSA) is 88.1 Å². The number of amides is 3. The van der Waals surface area contributed by atoms with Crippen molar-refractivity contribution < 1.29 is 9.59 Å². The molecule has 0 aliphatic heterocycles. The molecule has 30 heavy (non-hydrogen) atoms. The van der Waals surface area contributed by atoms with E-state index in [0.717, 1.165) is 8.95 Å². The van der Waals surface area contributed by atoms with Crippen LogP contribution in [0, 0.1) is 0 Å². The lowest BCUT2D eigenvalue weighted by Gasteiger charge is -2.06. The summed E-state index contributed by atoms with van der Waals surface area (Å²) in [4.78, 5) is 25.2. The lowest BCUT2D eigenvalue weighted by atomic mass is 10.2. The van der Waals surface area contributed by atoms with Gasteiger partial charge in [-0.25, -0.2) is 9.59 Å². The van der Waals surface area contributed by atoms with Crippen molar-refractivity contribution in [3.8, 4) is 0 Å². The number of urea groups is 1. The third-order valence-electron chi connectivity index (χ3n) is 4.21. The summed E-state index contributed by atoms with van der Waals surface area (Å²) in [5.74, 6) is 0.283. The predicted octanol–water partition coefficient (Wildman–Crippen LogP) is 6.29. The van der Waals surface area contributed by atoms with Crippen molar-refractivity contribution in [1.82, 2.24) is 9.78 Å². The second kappa shape index (κ2) is 8.68. The van der Waals surface area contributed by atoms with Gasteiger partial charge in [-0.1, -0.05) is 44.0 Å². The summed E-state index contributed by atoms with van der Waals surface area (Å²) in [6.45, 7) is 0. The number of halogens is 2. The van der Waals surface area contributed by atoms with E-state index in [1.54, 1.807) is 42.5 Å². The fraction of sp³-hybridized carbons (Fsp3) is 0. The van der Waals surface area contributed by atoms with Gasteiger partial charge >= 0.3 is 12.1 Å². The Bertz CT molecular complexity index is 1220. The predicted molar refractivity (Wildman–Crippen MR) is 125 cm³/mol. The Balaban J connectivity index is 1.57. The molecular formula is C21H15Br2N5O2. The van der Waals surface area contributed by atoms with Crippen molar-refractivity contribution in [2.45, 2.75) is 0 Å². The van der Waals surface area contributed by atoms with E-state index in [1.165, 1.54) is 4.68 Å². The van der Waals surface area contributed by atoms with E-state index in [9.17, 15) is 9.59 Å². The van der Waals surface area contributed by atoms with Gasteiger partial charge in [0.2, 0.25) is 0 Å². The Kier molecular flexibility index (Phi) is 5.82. The van der Waals surface area contributed by atoms with Crippen molar-refractivity contribution in [3.63, 3.8) is 0 Å². The van der Waals surface area contributed by atoms with Gasteiger partial charge in [0.25, 0.3) is 0 Å². The zero-order valence-corrected chi connectivity index (χ0v) is 18.6. The monoisotopic (exact) mass is 527 g/mol. The minimum atomic E-state index is -0.457. The molecule has 0 saturated heterocycles. The normalized spacial score (nSPS) is 10.6. The van der Waals surface area contributed by atoms with Gasteiger partial charge in [-0.3, -0.25) is 5.32 Å². The number of hydrogen-bond acceptors (Lipinski definition) is 3. The van der Waals surface area contributed by atoms with E-state index in [1.807, 2.05) is 30.3 Å². The average molecular weight is 529 g/mol. The largest absolute Gasteiger partial charge is 0.347 e. The van der Waals surface area contributed by atoms with Crippen molar-refractivity contribution in [2.75, 3.05) is 16.0 Å². The summed E-state index contributed by atoms with van der Waals surface area (Å²) < 4.78 is 3.05. The molecule has 4 rings (SSSR count). The molecule has 4 aromatic rings. The van der Waals surface area contributed by atoms with Gasteiger partial charge in [0.15, 0.2) is 5.82 Å². The Morgan fingerprint density at radius 2 is 1.30 bits per heavy atom. The van der Waals surface area contributed by atoms with E-state index in [4.69, 9.17) is 0 Å². The van der Waals surface area contributed by atoms with Crippen LogP contribution in [0.1, 0.15) is 0 Å². The molecule has 0 aliphatic rings. The van der Waals surface area contributed by atoms with E-state index in [2.05, 4.69) is 52.9 Å². The van der Waals surface area contributed by atoms with Crippen LogP contribution in [0.2, 0.25) is 0 Å². The first-order valence-corrected chi connectivity index (χ1v) is 10.5. The van der Waals surface area contributed by atoms with Gasteiger partial charge in [0.1, 0.15) is 0 Å². The Morgan fingerprint density at radius 3 is 1.93 bits per heavy atom. The van der Waals surface area contributed by atoms with Gasteiger partial charge in [-0.15, -0.1) is 5.10 Å². The average Bonchev–Trinajstić information content (AvgIpc) is 3.10. The maximum absolute atomic E-state index is 12.8. The summed E-state index contributed by atoms with van der Waals surface area (Å²) in [6.07, 6.45) is 0. The summed E-state index contributed by atoms with van der Waals surface area (Å²) in [7, 11) is 0. The number of carbonyl (C=O) groups excluding carboxylic acids is 2. The number of anilines is 3. The molecule has 150 valence electrons. The van der Waals surface area contributed by atoms with Gasteiger partial charge in [-0.05, 0) is 60.7 Å². The first-order valence-electron chi connectivity index (χ1n) is 8.88. The molecule has 0 atom stereocenters. The number of carbonyl (C=O) groups is 2. The van der Waals surface area contributed by atoms with Crippen molar-refractivity contribution in [1.29, 1.82) is 0 Å². The van der Waals surface area contributed by atoms with Crippen LogP contribution in [0.15, 0.2) is 81.7 Å². The molecule has 0 radical (unpaired) electrons. The molecular weight excluding hydrogens is 514 g/mol. The van der Waals surface area contributed by atoms with Crippen LogP contribution in [0.25, 0.3) is 10.9 Å². The molecule has 0 unspecified atom stereocenters. The molecule has 0 bridgehead atoms. The summed E-state index contributed by atoms with van der Waals surface area (Å²) in [5.41, 5.74) is 1.84. The lowest BCUT2D eigenvalue weighted by Crippen LogP contribution is -2.22. The second-order valence-electron chi connectivity index (χ2n) is 6.30. The van der Waals surface area contributed by atoms with Gasteiger partial charge in [0.05, 0.1) is 5.52 Å². The Morgan fingerprint density at radius 1 is 0.733 bits per heavy atom. The molecule has 0 fully saturated rings. The minimum absolute atomic E-state index is 0.283. The van der Waals surface area contributed by atoms with Gasteiger partial charge < -0.3 is 10.6 Å². The highest BCUT2D eigenvalue weighted by atomic mass is 79.9. The third kappa shape index (κ3) is 4.52. The number of nitrogens with one attached hydrogen (secondary N) is 3. The number of fused-ring (bicyclic) bond motifs is 1. The lowest BCUT2D eigenvalue weighted by molar-refractivity contribution is 0.251. The molecule has 3 aromatic carbocycles. The molecule has 7 nitrogen and oxygen atoms in total. The van der Waals surface area contributed by atoms with Crippen LogP contribution in [-0.2, 0) is 0 Å². The second-order valence-corrected chi connectivity index (χ2v) is 8.13. The highest BCUT2D eigenvalue weighted by Crippen LogP contribution is 2.24. The molecule has 3 N–H and O–H groups in total. The van der Waals surface area contributed by atoms with Gasteiger partial charge in [-0.2, -0.15) is 4.68 Å². The number of para-hydroxylation sites is 1. The van der Waals surface area contributed by atoms with E-state index >= 15 is 0 Å². The van der Waals surface area contributed by atoms with E-state index < -0.39 is 12.1 Å². The minimum Gasteiger partial charge on any atom is -0.308 e. The van der Waals surface area contributed by atoms with E-state index in [-0.39, 0.29) is 5.82 Å². The zero-order valence-electron chi connectivity index (χ0n) is 15.4. The number of hydrogen-bond donors (Lipinski definition) is 3. The van der Waals surface area contributed by atoms with Crippen LogP contribution in [0.3, 0.4) is 0 Å². The summed E-state index contributed by atoms with van der Waals surface area (Å²) >= 11 is 6.72. The van der Waals surface area contributed by atoms with Crippen LogP contribution in [0.5, 0.6) is 0 Å². The molecule has 3 amide bonds. The maximum atomic E-state index is 12.8. The van der Waals surface area contributed by atoms with Crippen molar-refractivity contribution >= 4 is 72.0 Å². The maximum Gasteiger partial charge on any atom is 0.347 e. The standard InChI is InChI=1S/C21H15Br2N5O2/c22-13-5-9-15(10-6-13)24-20(29)26-19-17-3-1-2-4-18(17)28(27-19)21(30)25-16-11-7-14(23)8-12-16/h1-12H,(H,25,30)(H2,24,26,27,29). The third-order valence-corrected chi connectivity index (χ3v) is 5.27. The Labute approximate surface area is 188 Å². The molecule has 0 spiro atoms. The molecule has 9 heteroatoms. The van der Waals surface area contributed by atoms with E-state index in [0.29, 0.717) is 22.3 Å². The number of rotatable bonds is 3. The number of aromatic nitrogens is 2. The molecule has 1 heterocycles. The Hall–Kier alpha value is -3.17. The summed E-state index contributed by atoms with van der Waals surface area (Å²) in [6, 6.07) is 20.7. The molecule has 0 saturated carbocycles. The smallest absolute Gasteiger partial charge is 0.308 e. The fourth-order valence-corrected chi connectivity index (χ4v) is 3.35. The quantitative estimate of drug-likeness (QED) is 0.292. The van der Waals surface area contributed by atoms with Crippen molar-refractivity contribution in [2.24, 2.45) is 0 Å². The van der Waals surface area contributed by atoms with Crippen LogP contribution >= 0.6 is 31.9 Å². The molecule has 0 aliphatic carbocycles. The highest BCUT2D eigenvalue weighted by molar-refractivity contribution is 9.10. The molecule has 1 aromatic heterocycles. The van der Waals surface area contributed by atoms with Gasteiger partial charge in [0, 0.05) is 25.7 Å².